The second-order valence-electron chi connectivity index (χ2n) is 3.07. The first kappa shape index (κ1) is 11.5. The van der Waals surface area contributed by atoms with Crippen LogP contribution >= 0.6 is 34.8 Å². The van der Waals surface area contributed by atoms with Gasteiger partial charge >= 0.3 is 0 Å². The zero-order valence-electron chi connectivity index (χ0n) is 7.84. The molecule has 0 atom stereocenters. The van der Waals surface area contributed by atoms with E-state index in [4.69, 9.17) is 39.2 Å². The summed E-state index contributed by atoms with van der Waals surface area (Å²) in [6.45, 7) is 0. The van der Waals surface area contributed by atoms with E-state index in [1.165, 1.54) is 6.07 Å². The van der Waals surface area contributed by atoms with Gasteiger partial charge in [0.25, 0.3) is 5.24 Å². The fraction of sp³-hybridized carbons (Fsp3) is 0. The smallest absolute Gasteiger partial charge is 0.287 e. The summed E-state index contributed by atoms with van der Waals surface area (Å²) in [4.78, 5) is 10.8. The van der Waals surface area contributed by atoms with Gasteiger partial charge in [0, 0.05) is 5.56 Å². The van der Waals surface area contributed by atoms with Crippen molar-refractivity contribution in [2.75, 3.05) is 0 Å². The molecule has 5 heteroatoms. The Kier molecular flexibility index (Phi) is 3.24. The third-order valence-electron chi connectivity index (χ3n) is 2.00. The molecular weight excluding hydrogens is 270 g/mol. The second-order valence-corrected chi connectivity index (χ2v) is 4.22. The molecule has 1 aromatic carbocycles. The number of furan rings is 1. The van der Waals surface area contributed by atoms with Gasteiger partial charge in [-0.05, 0) is 41.9 Å². The van der Waals surface area contributed by atoms with Crippen molar-refractivity contribution in [1.82, 2.24) is 0 Å². The van der Waals surface area contributed by atoms with Crippen LogP contribution in [-0.2, 0) is 0 Å². The van der Waals surface area contributed by atoms with Gasteiger partial charge in [0.1, 0.15) is 5.76 Å². The minimum atomic E-state index is -0.633. The maximum atomic E-state index is 10.8. The highest BCUT2D eigenvalue weighted by atomic mass is 35.5. The first-order valence-electron chi connectivity index (χ1n) is 4.33. The average molecular weight is 276 g/mol. The Morgan fingerprint density at radius 3 is 2.38 bits per heavy atom. The van der Waals surface area contributed by atoms with Gasteiger partial charge in [-0.15, -0.1) is 0 Å². The third-order valence-corrected chi connectivity index (χ3v) is 2.93. The van der Waals surface area contributed by atoms with Crippen molar-refractivity contribution in [3.8, 4) is 11.3 Å². The quantitative estimate of drug-likeness (QED) is 0.748. The molecule has 0 saturated heterocycles. The number of rotatable bonds is 2. The van der Waals surface area contributed by atoms with Crippen LogP contribution in [0.3, 0.4) is 0 Å². The zero-order valence-corrected chi connectivity index (χ0v) is 10.1. The van der Waals surface area contributed by atoms with Crippen molar-refractivity contribution in [2.45, 2.75) is 0 Å². The lowest BCUT2D eigenvalue weighted by molar-refractivity contribution is 0.105. The van der Waals surface area contributed by atoms with E-state index in [0.29, 0.717) is 15.8 Å². The molecule has 2 aromatic rings. The summed E-state index contributed by atoms with van der Waals surface area (Å²) in [6, 6.07) is 8.22. The molecule has 1 heterocycles. The van der Waals surface area contributed by atoms with Crippen molar-refractivity contribution in [3.63, 3.8) is 0 Å². The fourth-order valence-electron chi connectivity index (χ4n) is 1.25. The zero-order chi connectivity index (χ0) is 11.7. The highest BCUT2D eigenvalue weighted by Gasteiger charge is 2.10. The van der Waals surface area contributed by atoms with Crippen LogP contribution in [0.25, 0.3) is 11.3 Å². The van der Waals surface area contributed by atoms with Crippen LogP contribution in [0.4, 0.5) is 0 Å². The Labute approximate surface area is 107 Å². The molecule has 0 unspecified atom stereocenters. The van der Waals surface area contributed by atoms with E-state index >= 15 is 0 Å². The summed E-state index contributed by atoms with van der Waals surface area (Å²) in [5.41, 5.74) is 0.735. The molecule has 0 aliphatic carbocycles. The van der Waals surface area contributed by atoms with Crippen LogP contribution in [0.1, 0.15) is 10.6 Å². The molecule has 0 fully saturated rings. The Balaban J connectivity index is 2.42. The standard InChI is InChI=1S/C11H5Cl3O2/c12-7-2-1-6(5-8(7)13)9-3-4-10(16-9)11(14)15/h1-5H. The monoisotopic (exact) mass is 274 g/mol. The van der Waals surface area contributed by atoms with Gasteiger partial charge in [-0.3, -0.25) is 4.79 Å². The lowest BCUT2D eigenvalue weighted by Gasteiger charge is -1.99. The summed E-state index contributed by atoms with van der Waals surface area (Å²) in [6.07, 6.45) is 0. The molecule has 2 nitrogen and oxygen atoms in total. The summed E-state index contributed by atoms with van der Waals surface area (Å²) in [7, 11) is 0. The van der Waals surface area contributed by atoms with Crippen LogP contribution in [-0.4, -0.2) is 5.24 Å². The molecule has 82 valence electrons. The van der Waals surface area contributed by atoms with Crippen molar-refractivity contribution >= 4 is 40.0 Å². The van der Waals surface area contributed by atoms with Crippen molar-refractivity contribution in [1.29, 1.82) is 0 Å². The number of benzene rings is 1. The van der Waals surface area contributed by atoms with E-state index < -0.39 is 5.24 Å². The molecule has 0 saturated carbocycles. The van der Waals surface area contributed by atoms with Gasteiger partial charge in [0.15, 0.2) is 5.76 Å². The molecular formula is C11H5Cl3O2. The van der Waals surface area contributed by atoms with Gasteiger partial charge in [0.05, 0.1) is 10.0 Å². The van der Waals surface area contributed by atoms with E-state index in [2.05, 4.69) is 0 Å². The number of carbonyl (C=O) groups excluding carboxylic acids is 1. The fourth-order valence-corrected chi connectivity index (χ4v) is 1.65. The van der Waals surface area contributed by atoms with E-state index in [-0.39, 0.29) is 5.76 Å². The van der Waals surface area contributed by atoms with Crippen molar-refractivity contribution < 1.29 is 9.21 Å². The maximum absolute atomic E-state index is 10.8. The Morgan fingerprint density at radius 2 is 1.81 bits per heavy atom. The van der Waals surface area contributed by atoms with Gasteiger partial charge in [-0.2, -0.15) is 0 Å². The minimum Gasteiger partial charge on any atom is -0.452 e. The number of halogens is 3. The molecule has 2 rings (SSSR count). The minimum absolute atomic E-state index is 0.0998. The largest absolute Gasteiger partial charge is 0.452 e. The molecule has 1 aromatic heterocycles. The molecule has 0 radical (unpaired) electrons. The first-order valence-corrected chi connectivity index (χ1v) is 5.46. The van der Waals surface area contributed by atoms with E-state index in [1.54, 1.807) is 24.3 Å². The van der Waals surface area contributed by atoms with Crippen LogP contribution in [0, 0.1) is 0 Å². The molecule has 16 heavy (non-hydrogen) atoms. The topological polar surface area (TPSA) is 30.2 Å². The first-order chi connectivity index (χ1) is 7.58. The molecule has 0 spiro atoms. The maximum Gasteiger partial charge on any atom is 0.287 e. The second kappa shape index (κ2) is 4.50. The third kappa shape index (κ3) is 2.24. The molecule has 0 bridgehead atoms. The number of carbonyl (C=O) groups is 1. The van der Waals surface area contributed by atoms with Crippen LogP contribution < -0.4 is 0 Å². The lowest BCUT2D eigenvalue weighted by atomic mass is 10.2. The van der Waals surface area contributed by atoms with E-state index in [9.17, 15) is 4.79 Å². The Hall–Kier alpha value is -0.960. The number of hydrogen-bond donors (Lipinski definition) is 0. The van der Waals surface area contributed by atoms with Crippen LogP contribution in [0.15, 0.2) is 34.7 Å². The van der Waals surface area contributed by atoms with Crippen molar-refractivity contribution in [3.05, 3.63) is 46.1 Å². The van der Waals surface area contributed by atoms with Gasteiger partial charge < -0.3 is 4.42 Å². The highest BCUT2D eigenvalue weighted by Crippen LogP contribution is 2.29. The predicted molar refractivity (Wildman–Crippen MR) is 64.3 cm³/mol. The van der Waals surface area contributed by atoms with Crippen LogP contribution in [0.5, 0.6) is 0 Å². The summed E-state index contributed by atoms with van der Waals surface area (Å²) < 4.78 is 5.24. The van der Waals surface area contributed by atoms with E-state index in [0.717, 1.165) is 5.56 Å². The molecule has 0 amide bonds. The Bertz CT molecular complexity index is 546. The predicted octanol–water partition coefficient (Wildman–Crippen LogP) is 4.63. The highest BCUT2D eigenvalue weighted by molar-refractivity contribution is 6.67. The summed E-state index contributed by atoms with van der Waals surface area (Å²) in [5.74, 6) is 0.616. The van der Waals surface area contributed by atoms with Gasteiger partial charge in [-0.1, -0.05) is 23.2 Å². The summed E-state index contributed by atoms with van der Waals surface area (Å²) in [5, 5.41) is 0.256. The summed E-state index contributed by atoms with van der Waals surface area (Å²) >= 11 is 16.9. The lowest BCUT2D eigenvalue weighted by Crippen LogP contribution is -1.82. The van der Waals surface area contributed by atoms with Crippen LogP contribution in [0.2, 0.25) is 10.0 Å². The normalized spacial score (nSPS) is 10.4. The van der Waals surface area contributed by atoms with Gasteiger partial charge in [0.2, 0.25) is 0 Å². The SMILES string of the molecule is O=C(Cl)c1ccc(-c2ccc(Cl)c(Cl)c2)o1. The molecule has 0 aliphatic rings. The average Bonchev–Trinajstić information content (AvgIpc) is 2.71. The molecule has 0 aliphatic heterocycles. The van der Waals surface area contributed by atoms with Crippen molar-refractivity contribution in [2.24, 2.45) is 0 Å². The number of hydrogen-bond acceptors (Lipinski definition) is 2. The Morgan fingerprint density at radius 1 is 1.06 bits per heavy atom. The molecule has 0 N–H and O–H groups in total. The van der Waals surface area contributed by atoms with Gasteiger partial charge in [-0.25, -0.2) is 0 Å². The van der Waals surface area contributed by atoms with E-state index in [1.807, 2.05) is 0 Å².